The lowest BCUT2D eigenvalue weighted by Crippen LogP contribution is -2.36. The van der Waals surface area contributed by atoms with Crippen molar-refractivity contribution in [2.45, 2.75) is 25.2 Å². The van der Waals surface area contributed by atoms with Gasteiger partial charge in [0.25, 0.3) is 5.91 Å². The maximum atomic E-state index is 13.3. The van der Waals surface area contributed by atoms with Gasteiger partial charge in [0.05, 0.1) is 42.0 Å². The average molecular weight is 490 g/mol. The van der Waals surface area contributed by atoms with Gasteiger partial charge in [0.15, 0.2) is 5.75 Å². The van der Waals surface area contributed by atoms with Gasteiger partial charge in [0.2, 0.25) is 5.91 Å². The molecule has 34 heavy (non-hydrogen) atoms. The maximum absolute atomic E-state index is 13.3. The van der Waals surface area contributed by atoms with Gasteiger partial charge in [-0.3, -0.25) is 9.59 Å². The molecule has 0 saturated carbocycles. The maximum Gasteiger partial charge on any atom is 0.416 e. The van der Waals surface area contributed by atoms with Crippen LogP contribution in [0.1, 0.15) is 33.5 Å². The summed E-state index contributed by atoms with van der Waals surface area (Å²) < 4.78 is 84.6. The van der Waals surface area contributed by atoms with E-state index in [0.717, 1.165) is 0 Å². The molecule has 184 valence electrons. The highest BCUT2D eigenvalue weighted by Gasteiger charge is 2.37. The van der Waals surface area contributed by atoms with Gasteiger partial charge < -0.3 is 20.1 Å². The number of nitrogens with one attached hydrogen (secondary N) is 1. The van der Waals surface area contributed by atoms with Gasteiger partial charge in [0.1, 0.15) is 0 Å². The number of carbonyl (C=O) groups is 2. The highest BCUT2D eigenvalue weighted by Crippen LogP contribution is 2.37. The molecule has 6 nitrogen and oxygen atoms in total. The van der Waals surface area contributed by atoms with Gasteiger partial charge in [-0.05, 0) is 42.3 Å². The van der Waals surface area contributed by atoms with E-state index < -0.39 is 47.3 Å². The van der Waals surface area contributed by atoms with Crippen LogP contribution in [0.4, 0.5) is 32.0 Å². The number of alkyl halides is 6. The molecular formula is C22H20F6N2O4. The summed E-state index contributed by atoms with van der Waals surface area (Å²) >= 11 is 0. The molecule has 12 heteroatoms. The molecule has 0 atom stereocenters. The van der Waals surface area contributed by atoms with Crippen molar-refractivity contribution in [3.63, 3.8) is 0 Å². The summed E-state index contributed by atoms with van der Waals surface area (Å²) in [7, 11) is 0. The number of aliphatic hydroxyl groups is 1. The number of hydrogen-bond acceptors (Lipinski definition) is 4. The zero-order valence-corrected chi connectivity index (χ0v) is 17.6. The number of anilines is 1. The standard InChI is InChI=1S/C22H20F6N2O4/c23-21(24,25)14-5-6-16(22(26,27)28)13(11-14)12-18(32)29-17-4-1-3-15-19(17)34-10-2-7-30(8-9-31)20(15)33/h1,3-6,11,31H,2,7-10,12H2,(H,29,32). The number of rotatable bonds is 5. The lowest BCUT2D eigenvalue weighted by molar-refractivity contribution is -0.142. The molecule has 0 aliphatic carbocycles. The van der Waals surface area contributed by atoms with Crippen molar-refractivity contribution in [1.82, 2.24) is 4.90 Å². The van der Waals surface area contributed by atoms with Crippen molar-refractivity contribution in [2.24, 2.45) is 0 Å². The van der Waals surface area contributed by atoms with Crippen LogP contribution in [0.3, 0.4) is 0 Å². The molecule has 3 rings (SSSR count). The number of β-amino-alcohol motifs (C(OH)–C–C–N with tert-alkyl or cyclic N) is 1. The molecule has 0 bridgehead atoms. The predicted molar refractivity (Wildman–Crippen MR) is 108 cm³/mol. The van der Waals surface area contributed by atoms with Gasteiger partial charge in [-0.1, -0.05) is 6.07 Å². The van der Waals surface area contributed by atoms with Gasteiger partial charge in [-0.2, -0.15) is 26.3 Å². The molecule has 1 aliphatic rings. The number of carbonyl (C=O) groups excluding carboxylic acids is 2. The van der Waals surface area contributed by atoms with E-state index in [4.69, 9.17) is 4.74 Å². The zero-order chi connectivity index (χ0) is 25.1. The van der Waals surface area contributed by atoms with Crippen molar-refractivity contribution in [1.29, 1.82) is 0 Å². The van der Waals surface area contributed by atoms with Crippen LogP contribution in [0.2, 0.25) is 0 Å². The van der Waals surface area contributed by atoms with Crippen LogP contribution in [0.15, 0.2) is 36.4 Å². The first-order valence-electron chi connectivity index (χ1n) is 10.1. The Labute approximate surface area is 190 Å². The quantitative estimate of drug-likeness (QED) is 0.619. The van der Waals surface area contributed by atoms with E-state index >= 15 is 0 Å². The average Bonchev–Trinajstić information content (AvgIpc) is 2.73. The first-order valence-corrected chi connectivity index (χ1v) is 10.1. The number of nitrogens with zero attached hydrogens (tertiary/aromatic N) is 1. The van der Waals surface area contributed by atoms with Crippen LogP contribution in [0.5, 0.6) is 5.75 Å². The molecule has 2 amide bonds. The Morgan fingerprint density at radius 1 is 1.09 bits per heavy atom. The molecular weight excluding hydrogens is 470 g/mol. The molecule has 0 unspecified atom stereocenters. The van der Waals surface area contributed by atoms with E-state index in [9.17, 15) is 41.0 Å². The summed E-state index contributed by atoms with van der Waals surface area (Å²) in [5.41, 5.74) is -3.45. The van der Waals surface area contributed by atoms with E-state index in [1.807, 2.05) is 0 Å². The van der Waals surface area contributed by atoms with Gasteiger partial charge >= 0.3 is 12.4 Å². The second-order valence-corrected chi connectivity index (χ2v) is 7.49. The highest BCUT2D eigenvalue weighted by molar-refractivity contribution is 6.01. The summed E-state index contributed by atoms with van der Waals surface area (Å²) in [4.78, 5) is 26.7. The van der Waals surface area contributed by atoms with Gasteiger partial charge in [0, 0.05) is 13.1 Å². The van der Waals surface area contributed by atoms with Crippen molar-refractivity contribution < 1.29 is 45.8 Å². The Morgan fingerprint density at radius 2 is 1.82 bits per heavy atom. The minimum atomic E-state index is -4.96. The fraction of sp³-hybridized carbons (Fsp3) is 0.364. The summed E-state index contributed by atoms with van der Waals surface area (Å²) in [5, 5.41) is 11.5. The molecule has 0 radical (unpaired) electrons. The molecule has 2 N–H and O–H groups in total. The van der Waals surface area contributed by atoms with E-state index in [1.165, 1.54) is 23.1 Å². The Morgan fingerprint density at radius 3 is 2.47 bits per heavy atom. The number of benzene rings is 2. The Bertz CT molecular complexity index is 1070. The van der Waals surface area contributed by atoms with Gasteiger partial charge in [-0.25, -0.2) is 0 Å². The Hall–Kier alpha value is -3.28. The van der Waals surface area contributed by atoms with E-state index in [-0.39, 0.29) is 36.8 Å². The summed E-state index contributed by atoms with van der Waals surface area (Å²) in [6.45, 7) is 0.285. The number of para-hydroxylation sites is 1. The minimum Gasteiger partial charge on any atom is -0.490 e. The number of fused-ring (bicyclic) bond motifs is 1. The lowest BCUT2D eigenvalue weighted by Gasteiger charge is -2.26. The van der Waals surface area contributed by atoms with Crippen molar-refractivity contribution >= 4 is 17.5 Å². The third-order valence-corrected chi connectivity index (χ3v) is 5.08. The molecule has 2 aromatic rings. The largest absolute Gasteiger partial charge is 0.490 e. The van der Waals surface area contributed by atoms with E-state index in [2.05, 4.69) is 5.32 Å². The lowest BCUT2D eigenvalue weighted by atomic mass is 10.00. The predicted octanol–water partition coefficient (Wildman–Crippen LogP) is 4.12. The first kappa shape index (κ1) is 25.3. The molecule has 1 aliphatic heterocycles. The van der Waals surface area contributed by atoms with Crippen LogP contribution in [0.25, 0.3) is 0 Å². The number of halogens is 6. The van der Waals surface area contributed by atoms with E-state index in [0.29, 0.717) is 31.2 Å². The Kier molecular flexibility index (Phi) is 7.39. The minimum absolute atomic E-state index is 0.0106. The van der Waals surface area contributed by atoms with Crippen molar-refractivity contribution in [2.75, 3.05) is 31.6 Å². The molecule has 2 aromatic carbocycles. The van der Waals surface area contributed by atoms with Crippen LogP contribution >= 0.6 is 0 Å². The third kappa shape index (κ3) is 5.79. The topological polar surface area (TPSA) is 78.9 Å². The zero-order valence-electron chi connectivity index (χ0n) is 17.6. The number of aliphatic hydroxyl groups excluding tert-OH is 1. The number of hydrogen-bond donors (Lipinski definition) is 2. The molecule has 0 fully saturated rings. The Balaban J connectivity index is 1.90. The van der Waals surface area contributed by atoms with Gasteiger partial charge in [-0.15, -0.1) is 0 Å². The highest BCUT2D eigenvalue weighted by atomic mass is 19.4. The SMILES string of the molecule is O=C(Cc1cc(C(F)(F)F)ccc1C(F)(F)F)Nc1cccc2c1OCCCN(CCO)C2=O. The van der Waals surface area contributed by atoms with Crippen LogP contribution in [-0.4, -0.2) is 48.1 Å². The monoisotopic (exact) mass is 490 g/mol. The van der Waals surface area contributed by atoms with E-state index in [1.54, 1.807) is 0 Å². The van der Waals surface area contributed by atoms with Crippen LogP contribution in [0, 0.1) is 0 Å². The summed E-state index contributed by atoms with van der Waals surface area (Å²) in [6.07, 6.45) is -10.4. The summed E-state index contributed by atoms with van der Waals surface area (Å²) in [6, 6.07) is 5.10. The summed E-state index contributed by atoms with van der Waals surface area (Å²) in [5.74, 6) is -1.51. The molecule has 0 spiro atoms. The normalized spacial score (nSPS) is 14.7. The van der Waals surface area contributed by atoms with Crippen LogP contribution in [-0.2, 0) is 23.6 Å². The van der Waals surface area contributed by atoms with Crippen molar-refractivity contribution in [3.8, 4) is 5.75 Å². The van der Waals surface area contributed by atoms with Crippen molar-refractivity contribution in [3.05, 3.63) is 58.7 Å². The molecule has 0 aromatic heterocycles. The fourth-order valence-corrected chi connectivity index (χ4v) is 3.56. The van der Waals surface area contributed by atoms with Crippen LogP contribution < -0.4 is 10.1 Å². The second-order valence-electron chi connectivity index (χ2n) is 7.49. The smallest absolute Gasteiger partial charge is 0.416 e. The third-order valence-electron chi connectivity index (χ3n) is 5.08. The fourth-order valence-electron chi connectivity index (χ4n) is 3.56. The second kappa shape index (κ2) is 9.92. The number of amides is 2. The molecule has 1 heterocycles. The first-order chi connectivity index (χ1) is 15.9. The molecule has 0 saturated heterocycles. The number of ether oxygens (including phenoxy) is 1.